The monoisotopic (exact) mass is 354 g/mol. The van der Waals surface area contributed by atoms with Gasteiger partial charge in [-0.25, -0.2) is 4.98 Å². The van der Waals surface area contributed by atoms with Crippen molar-refractivity contribution in [1.82, 2.24) is 20.2 Å². The first-order valence-electron chi connectivity index (χ1n) is 8.98. The largest absolute Gasteiger partial charge is 0.363 e. The molecule has 0 spiro atoms. The van der Waals surface area contributed by atoms with Crippen molar-refractivity contribution in [3.8, 4) is 0 Å². The van der Waals surface area contributed by atoms with Gasteiger partial charge in [0, 0.05) is 36.1 Å². The average molecular weight is 355 g/mol. The Labute approximate surface area is 154 Å². The van der Waals surface area contributed by atoms with Crippen molar-refractivity contribution in [3.05, 3.63) is 41.6 Å². The maximum atomic E-state index is 5.35. The highest BCUT2D eigenvalue weighted by molar-refractivity contribution is 7.80. The predicted molar refractivity (Wildman–Crippen MR) is 110 cm³/mol. The number of nitrogens with zero attached hydrogens (tertiary/aromatic N) is 2. The van der Waals surface area contributed by atoms with Gasteiger partial charge in [0.2, 0.25) is 0 Å². The highest BCUT2D eigenvalue weighted by Gasteiger charge is 2.13. The zero-order valence-electron chi connectivity index (χ0n) is 15.2. The van der Waals surface area contributed by atoms with E-state index in [2.05, 4.69) is 66.3 Å². The molecule has 1 aromatic carbocycles. The van der Waals surface area contributed by atoms with Crippen LogP contribution in [-0.4, -0.2) is 27.8 Å². The molecule has 132 valence electrons. The fourth-order valence-electron chi connectivity index (χ4n) is 3.33. The molecule has 4 nitrogen and oxygen atoms in total. The molecule has 0 aliphatic rings. The molecular weight excluding hydrogens is 328 g/mol. The number of hydrogen-bond donors (Lipinski definition) is 2. The summed E-state index contributed by atoms with van der Waals surface area (Å²) in [6, 6.07) is 10.7. The third-order valence-corrected chi connectivity index (χ3v) is 4.77. The van der Waals surface area contributed by atoms with E-state index in [0.717, 1.165) is 42.5 Å². The first kappa shape index (κ1) is 17.7. The Morgan fingerprint density at radius 2 is 1.92 bits per heavy atom. The number of unbranched alkanes of at least 4 members (excludes halogenated alkanes) is 1. The lowest BCUT2D eigenvalue weighted by Crippen LogP contribution is -2.37. The van der Waals surface area contributed by atoms with Crippen molar-refractivity contribution >= 4 is 39.3 Å². The first-order valence-corrected chi connectivity index (χ1v) is 9.39. The number of benzene rings is 1. The fourth-order valence-corrected chi connectivity index (χ4v) is 3.53. The zero-order valence-corrected chi connectivity index (χ0v) is 16.0. The molecule has 0 atom stereocenters. The Kier molecular flexibility index (Phi) is 5.53. The van der Waals surface area contributed by atoms with Crippen molar-refractivity contribution in [1.29, 1.82) is 0 Å². The van der Waals surface area contributed by atoms with E-state index in [1.165, 1.54) is 28.3 Å². The van der Waals surface area contributed by atoms with Gasteiger partial charge in [-0.15, -0.1) is 0 Å². The third kappa shape index (κ3) is 3.76. The molecule has 0 unspecified atom stereocenters. The molecule has 5 heteroatoms. The Morgan fingerprint density at radius 3 is 2.72 bits per heavy atom. The second-order valence-electron chi connectivity index (χ2n) is 6.48. The van der Waals surface area contributed by atoms with Crippen LogP contribution in [0.25, 0.3) is 21.9 Å². The molecule has 0 amide bonds. The standard InChI is InChI=1S/C20H26N4S/c1-4-5-10-21-20(25)22-11-12-24-17-9-7-6-8-16(17)18-14(2)13-15(3)23-19(18)24/h6-9,13H,4-5,10-12H2,1-3H3,(H2,21,22,25). The van der Waals surface area contributed by atoms with Crippen LogP contribution < -0.4 is 10.6 Å². The van der Waals surface area contributed by atoms with Gasteiger partial charge < -0.3 is 15.2 Å². The van der Waals surface area contributed by atoms with Crippen molar-refractivity contribution in [3.63, 3.8) is 0 Å². The van der Waals surface area contributed by atoms with Gasteiger partial charge in [0.15, 0.2) is 5.11 Å². The quantitative estimate of drug-likeness (QED) is 0.517. The third-order valence-electron chi connectivity index (χ3n) is 4.48. The van der Waals surface area contributed by atoms with Gasteiger partial charge in [-0.2, -0.15) is 0 Å². The van der Waals surface area contributed by atoms with Gasteiger partial charge >= 0.3 is 0 Å². The summed E-state index contributed by atoms with van der Waals surface area (Å²) in [5.74, 6) is 0. The summed E-state index contributed by atoms with van der Waals surface area (Å²) in [5.41, 5.74) is 4.62. The molecule has 2 aromatic heterocycles. The summed E-state index contributed by atoms with van der Waals surface area (Å²) < 4.78 is 2.30. The maximum Gasteiger partial charge on any atom is 0.166 e. The summed E-state index contributed by atoms with van der Waals surface area (Å²) in [4.78, 5) is 4.82. The van der Waals surface area contributed by atoms with Gasteiger partial charge in [-0.1, -0.05) is 31.5 Å². The number of rotatable bonds is 6. The van der Waals surface area contributed by atoms with Crippen LogP contribution in [0.4, 0.5) is 0 Å². The van der Waals surface area contributed by atoms with E-state index < -0.39 is 0 Å². The summed E-state index contributed by atoms with van der Waals surface area (Å²) >= 11 is 5.35. The van der Waals surface area contributed by atoms with Gasteiger partial charge in [-0.3, -0.25) is 0 Å². The molecule has 2 N–H and O–H groups in total. The molecule has 0 aliphatic carbocycles. The highest BCUT2D eigenvalue weighted by atomic mass is 32.1. The molecule has 0 saturated carbocycles. The summed E-state index contributed by atoms with van der Waals surface area (Å²) in [7, 11) is 0. The Morgan fingerprint density at radius 1 is 1.16 bits per heavy atom. The van der Waals surface area contributed by atoms with Gasteiger partial charge in [0.25, 0.3) is 0 Å². The molecular formula is C20H26N4S. The Hall–Kier alpha value is -2.14. The molecule has 25 heavy (non-hydrogen) atoms. The zero-order chi connectivity index (χ0) is 17.8. The van der Waals surface area contributed by atoms with E-state index in [1.807, 2.05) is 0 Å². The molecule has 2 heterocycles. The van der Waals surface area contributed by atoms with Crippen LogP contribution in [0.15, 0.2) is 30.3 Å². The highest BCUT2D eigenvalue weighted by Crippen LogP contribution is 2.30. The number of nitrogens with one attached hydrogen (secondary N) is 2. The fraction of sp³-hybridized carbons (Fsp3) is 0.400. The predicted octanol–water partition coefficient (Wildman–Crippen LogP) is 4.07. The van der Waals surface area contributed by atoms with Crippen LogP contribution in [0.2, 0.25) is 0 Å². The Balaban J connectivity index is 1.84. The van der Waals surface area contributed by atoms with Crippen LogP contribution in [0, 0.1) is 13.8 Å². The van der Waals surface area contributed by atoms with E-state index in [4.69, 9.17) is 17.2 Å². The van der Waals surface area contributed by atoms with E-state index in [-0.39, 0.29) is 0 Å². The lowest BCUT2D eigenvalue weighted by Gasteiger charge is -2.12. The lowest BCUT2D eigenvalue weighted by molar-refractivity contribution is 0.688. The van der Waals surface area contributed by atoms with Gasteiger partial charge in [0.1, 0.15) is 5.65 Å². The molecule has 0 aliphatic heterocycles. The number of hydrogen-bond acceptors (Lipinski definition) is 2. The van der Waals surface area contributed by atoms with Crippen molar-refractivity contribution in [2.45, 2.75) is 40.2 Å². The SMILES string of the molecule is CCCCNC(=S)NCCn1c2ccccc2c2c(C)cc(C)nc21. The molecule has 0 radical (unpaired) electrons. The van der Waals surface area contributed by atoms with Crippen LogP contribution in [0.3, 0.4) is 0 Å². The number of aryl methyl sites for hydroxylation is 2. The van der Waals surface area contributed by atoms with Gasteiger partial charge in [0.05, 0.1) is 5.52 Å². The van der Waals surface area contributed by atoms with E-state index in [0.29, 0.717) is 0 Å². The second-order valence-corrected chi connectivity index (χ2v) is 6.89. The minimum atomic E-state index is 0.731. The van der Waals surface area contributed by atoms with Crippen LogP contribution in [0.1, 0.15) is 31.0 Å². The topological polar surface area (TPSA) is 41.9 Å². The molecule has 3 rings (SSSR count). The lowest BCUT2D eigenvalue weighted by atomic mass is 10.1. The first-order chi connectivity index (χ1) is 12.1. The molecule has 0 fully saturated rings. The molecule has 0 bridgehead atoms. The van der Waals surface area contributed by atoms with Crippen molar-refractivity contribution < 1.29 is 0 Å². The van der Waals surface area contributed by atoms with E-state index in [9.17, 15) is 0 Å². The van der Waals surface area contributed by atoms with Gasteiger partial charge in [-0.05, 0) is 50.2 Å². The summed E-state index contributed by atoms with van der Waals surface area (Å²) in [5, 5.41) is 9.82. The smallest absolute Gasteiger partial charge is 0.166 e. The number of pyridine rings is 1. The normalized spacial score (nSPS) is 11.2. The minimum absolute atomic E-state index is 0.731. The Bertz CT molecular complexity index is 897. The number of para-hydroxylation sites is 1. The summed E-state index contributed by atoms with van der Waals surface area (Å²) in [6.07, 6.45) is 2.30. The second kappa shape index (κ2) is 7.83. The minimum Gasteiger partial charge on any atom is -0.363 e. The average Bonchev–Trinajstić information content (AvgIpc) is 2.89. The van der Waals surface area contributed by atoms with E-state index >= 15 is 0 Å². The van der Waals surface area contributed by atoms with Crippen LogP contribution in [-0.2, 0) is 6.54 Å². The van der Waals surface area contributed by atoms with Crippen LogP contribution >= 0.6 is 12.2 Å². The molecule has 0 saturated heterocycles. The number of fused-ring (bicyclic) bond motifs is 3. The number of thiocarbonyl (C=S) groups is 1. The van der Waals surface area contributed by atoms with E-state index in [1.54, 1.807) is 0 Å². The molecule has 3 aromatic rings. The van der Waals surface area contributed by atoms with Crippen molar-refractivity contribution in [2.24, 2.45) is 0 Å². The number of aromatic nitrogens is 2. The van der Waals surface area contributed by atoms with Crippen LogP contribution in [0.5, 0.6) is 0 Å². The summed E-state index contributed by atoms with van der Waals surface area (Å²) in [6.45, 7) is 8.93. The van der Waals surface area contributed by atoms with Crippen molar-refractivity contribution in [2.75, 3.05) is 13.1 Å². The maximum absolute atomic E-state index is 5.35.